The number of carbonyl (C=O) groups excluding carboxylic acids is 1. The average Bonchev–Trinajstić information content (AvgIpc) is 1.86. The van der Waals surface area contributed by atoms with Crippen LogP contribution in [0.15, 0.2) is 0 Å². The first kappa shape index (κ1) is 7.21. The predicted molar refractivity (Wildman–Crippen MR) is 33.3 cm³/mol. The fourth-order valence-electron chi connectivity index (χ4n) is 1.08. The first-order chi connectivity index (χ1) is 4.61. The summed E-state index contributed by atoms with van der Waals surface area (Å²) in [6, 6.07) is -0.399. The molecule has 0 saturated heterocycles. The Morgan fingerprint density at radius 1 is 1.80 bits per heavy atom. The van der Waals surface area contributed by atoms with E-state index in [0.29, 0.717) is 6.42 Å². The lowest BCUT2D eigenvalue weighted by molar-refractivity contribution is -0.144. The Morgan fingerprint density at radius 3 is 2.70 bits per heavy atom. The van der Waals surface area contributed by atoms with Gasteiger partial charge in [0.2, 0.25) is 0 Å². The molecular weight excluding hydrogens is 134 g/mol. The van der Waals surface area contributed by atoms with Crippen LogP contribution in [0.1, 0.15) is 12.8 Å². The van der Waals surface area contributed by atoms with Gasteiger partial charge in [-0.2, -0.15) is 0 Å². The molecule has 0 spiro atoms. The molecule has 3 N–H and O–H groups in total. The number of nitrogens with two attached hydrogens (primary N) is 1. The van der Waals surface area contributed by atoms with Crippen molar-refractivity contribution in [3.63, 3.8) is 0 Å². The Hall–Kier alpha value is -0.900. The number of ketones is 1. The molecule has 1 aliphatic rings. The van der Waals surface area contributed by atoms with Crippen molar-refractivity contribution in [2.75, 3.05) is 0 Å². The van der Waals surface area contributed by atoms with E-state index in [2.05, 4.69) is 0 Å². The SMILES string of the molecule is NC1CC(CC(=O)O)C1=O. The predicted octanol–water partition coefficient (Wildman–Crippen LogP) is -0.623. The van der Waals surface area contributed by atoms with E-state index in [1.807, 2.05) is 0 Å². The minimum absolute atomic E-state index is 0.0630. The van der Waals surface area contributed by atoms with Gasteiger partial charge in [0, 0.05) is 5.92 Å². The van der Waals surface area contributed by atoms with Crippen LogP contribution >= 0.6 is 0 Å². The Balaban J connectivity index is 2.34. The average molecular weight is 143 g/mol. The summed E-state index contributed by atoms with van der Waals surface area (Å²) in [5.41, 5.74) is 5.25. The summed E-state index contributed by atoms with van der Waals surface area (Å²) in [4.78, 5) is 20.8. The molecule has 0 aromatic heterocycles. The van der Waals surface area contributed by atoms with E-state index >= 15 is 0 Å². The number of carboxylic acids is 1. The third kappa shape index (κ3) is 1.16. The lowest BCUT2D eigenvalue weighted by Gasteiger charge is -2.28. The van der Waals surface area contributed by atoms with E-state index in [4.69, 9.17) is 10.8 Å². The van der Waals surface area contributed by atoms with Crippen molar-refractivity contribution >= 4 is 11.8 Å². The minimum atomic E-state index is -0.926. The second-order valence-corrected chi connectivity index (χ2v) is 2.54. The van der Waals surface area contributed by atoms with Crippen LogP contribution < -0.4 is 5.73 Å². The van der Waals surface area contributed by atoms with E-state index in [9.17, 15) is 9.59 Å². The molecule has 1 saturated carbocycles. The first-order valence-electron chi connectivity index (χ1n) is 3.12. The number of rotatable bonds is 2. The topological polar surface area (TPSA) is 80.4 Å². The highest BCUT2D eigenvalue weighted by Gasteiger charge is 2.37. The van der Waals surface area contributed by atoms with Crippen LogP contribution in [0.5, 0.6) is 0 Å². The van der Waals surface area contributed by atoms with Gasteiger partial charge in [0.25, 0.3) is 0 Å². The summed E-state index contributed by atoms with van der Waals surface area (Å²) in [6.45, 7) is 0. The molecule has 4 heteroatoms. The van der Waals surface area contributed by atoms with E-state index in [1.54, 1.807) is 0 Å². The molecule has 0 amide bonds. The van der Waals surface area contributed by atoms with Crippen LogP contribution in [-0.4, -0.2) is 22.9 Å². The lowest BCUT2D eigenvalue weighted by Crippen LogP contribution is -2.48. The molecule has 2 unspecified atom stereocenters. The molecule has 0 heterocycles. The highest BCUT2D eigenvalue weighted by Crippen LogP contribution is 2.24. The Morgan fingerprint density at radius 2 is 2.40 bits per heavy atom. The lowest BCUT2D eigenvalue weighted by atomic mass is 9.77. The molecule has 1 fully saturated rings. The second-order valence-electron chi connectivity index (χ2n) is 2.54. The second kappa shape index (κ2) is 2.38. The van der Waals surface area contributed by atoms with Gasteiger partial charge >= 0.3 is 5.97 Å². The zero-order valence-corrected chi connectivity index (χ0v) is 5.41. The maximum Gasteiger partial charge on any atom is 0.304 e. The summed E-state index contributed by atoms with van der Waals surface area (Å²) in [5.74, 6) is -1.35. The summed E-state index contributed by atoms with van der Waals surface area (Å²) < 4.78 is 0. The van der Waals surface area contributed by atoms with E-state index in [-0.39, 0.29) is 18.1 Å². The van der Waals surface area contributed by atoms with Crippen molar-refractivity contribution in [1.82, 2.24) is 0 Å². The Bertz CT molecular complexity index is 178. The van der Waals surface area contributed by atoms with Gasteiger partial charge in [0.15, 0.2) is 5.78 Å². The molecule has 4 nitrogen and oxygen atoms in total. The molecule has 0 bridgehead atoms. The van der Waals surface area contributed by atoms with Gasteiger partial charge < -0.3 is 10.8 Å². The van der Waals surface area contributed by atoms with Crippen LogP contribution in [0.25, 0.3) is 0 Å². The van der Waals surface area contributed by atoms with Crippen molar-refractivity contribution in [2.24, 2.45) is 11.7 Å². The zero-order chi connectivity index (χ0) is 7.72. The third-order valence-electron chi connectivity index (χ3n) is 1.73. The van der Waals surface area contributed by atoms with Gasteiger partial charge in [-0.05, 0) is 6.42 Å². The van der Waals surface area contributed by atoms with Gasteiger partial charge in [0.1, 0.15) is 0 Å². The normalized spacial score (nSPS) is 31.5. The number of hydrogen-bond acceptors (Lipinski definition) is 3. The quantitative estimate of drug-likeness (QED) is 0.539. The van der Waals surface area contributed by atoms with Crippen LogP contribution in [0.3, 0.4) is 0 Å². The fraction of sp³-hybridized carbons (Fsp3) is 0.667. The summed E-state index contributed by atoms with van der Waals surface area (Å²) in [6.07, 6.45) is 0.470. The van der Waals surface area contributed by atoms with Gasteiger partial charge in [-0.3, -0.25) is 9.59 Å². The highest BCUT2D eigenvalue weighted by molar-refractivity contribution is 5.94. The van der Waals surface area contributed by atoms with Crippen molar-refractivity contribution < 1.29 is 14.7 Å². The van der Waals surface area contributed by atoms with Crippen molar-refractivity contribution in [3.8, 4) is 0 Å². The minimum Gasteiger partial charge on any atom is -0.481 e. The molecule has 0 aromatic rings. The summed E-state index contributed by atoms with van der Waals surface area (Å²) in [7, 11) is 0. The standard InChI is InChI=1S/C6H9NO3/c7-4-1-3(6(4)10)2-5(8)9/h3-4H,1-2,7H2,(H,8,9). The van der Waals surface area contributed by atoms with Crippen molar-refractivity contribution in [1.29, 1.82) is 0 Å². The fourth-order valence-corrected chi connectivity index (χ4v) is 1.08. The van der Waals surface area contributed by atoms with E-state index < -0.39 is 12.0 Å². The number of hydrogen-bond donors (Lipinski definition) is 2. The smallest absolute Gasteiger partial charge is 0.304 e. The third-order valence-corrected chi connectivity index (χ3v) is 1.73. The molecule has 0 aliphatic heterocycles. The first-order valence-corrected chi connectivity index (χ1v) is 3.12. The molecule has 56 valence electrons. The number of carboxylic acid groups (broad SMARTS) is 1. The largest absolute Gasteiger partial charge is 0.481 e. The van der Waals surface area contributed by atoms with Gasteiger partial charge in [-0.25, -0.2) is 0 Å². The van der Waals surface area contributed by atoms with Crippen molar-refractivity contribution in [2.45, 2.75) is 18.9 Å². The Kier molecular flexibility index (Phi) is 1.72. The molecule has 0 aromatic carbocycles. The van der Waals surface area contributed by atoms with Gasteiger partial charge in [-0.15, -0.1) is 0 Å². The molecule has 10 heavy (non-hydrogen) atoms. The highest BCUT2D eigenvalue weighted by atomic mass is 16.4. The zero-order valence-electron chi connectivity index (χ0n) is 5.41. The number of Topliss-reactive ketones (excluding diaryl/α,β-unsaturated/α-hetero) is 1. The molecule has 0 radical (unpaired) electrons. The maximum absolute atomic E-state index is 10.7. The van der Waals surface area contributed by atoms with Crippen LogP contribution in [0, 0.1) is 5.92 Å². The van der Waals surface area contributed by atoms with Gasteiger partial charge in [0.05, 0.1) is 12.5 Å². The summed E-state index contributed by atoms with van der Waals surface area (Å²) >= 11 is 0. The Labute approximate surface area is 58.0 Å². The van der Waals surface area contributed by atoms with Crippen LogP contribution in [0.2, 0.25) is 0 Å². The molecular formula is C6H9NO3. The van der Waals surface area contributed by atoms with Crippen LogP contribution in [-0.2, 0) is 9.59 Å². The summed E-state index contributed by atoms with van der Waals surface area (Å²) in [5, 5.41) is 8.26. The molecule has 1 rings (SSSR count). The van der Waals surface area contributed by atoms with Gasteiger partial charge in [-0.1, -0.05) is 0 Å². The van der Waals surface area contributed by atoms with Crippen LogP contribution in [0.4, 0.5) is 0 Å². The molecule has 1 aliphatic carbocycles. The van der Waals surface area contributed by atoms with E-state index in [1.165, 1.54) is 0 Å². The van der Waals surface area contributed by atoms with E-state index in [0.717, 1.165) is 0 Å². The van der Waals surface area contributed by atoms with Crippen molar-refractivity contribution in [3.05, 3.63) is 0 Å². The molecule has 2 atom stereocenters. The number of aliphatic carboxylic acids is 1. The maximum atomic E-state index is 10.7. The number of carbonyl (C=O) groups is 2. The monoisotopic (exact) mass is 143 g/mol.